The zero-order chi connectivity index (χ0) is 56.7. The second-order valence-electron chi connectivity index (χ2n) is 21.2. The molecular formula is C69H90N6O6. The smallest absolute Gasteiger partial charge is 0.226 e. The number of hydrogen-bond acceptors (Lipinski definition) is 9. The number of benzene rings is 6. The summed E-state index contributed by atoms with van der Waals surface area (Å²) in [6, 6.07) is 61.6. The fourth-order valence-electron chi connectivity index (χ4n) is 10.7. The molecule has 0 N–H and O–H groups in total. The molecule has 12 nitrogen and oxygen atoms in total. The van der Waals surface area contributed by atoms with E-state index in [0.29, 0.717) is 38.9 Å². The minimum absolute atomic E-state index is 0.0407. The molecule has 9 rings (SSSR count). The first kappa shape index (κ1) is 62.1. The van der Waals surface area contributed by atoms with Gasteiger partial charge in [-0.25, -0.2) is 0 Å². The maximum absolute atomic E-state index is 12.5. The summed E-state index contributed by atoms with van der Waals surface area (Å²) in [5, 5.41) is 0. The van der Waals surface area contributed by atoms with Crippen molar-refractivity contribution < 1.29 is 28.6 Å². The van der Waals surface area contributed by atoms with E-state index in [-0.39, 0.29) is 36.0 Å². The van der Waals surface area contributed by atoms with Crippen LogP contribution >= 0.6 is 0 Å². The van der Waals surface area contributed by atoms with Gasteiger partial charge in [-0.15, -0.1) is 0 Å². The molecule has 0 bridgehead atoms. The molecule has 3 amide bonds. The van der Waals surface area contributed by atoms with Crippen LogP contribution in [-0.4, -0.2) is 149 Å². The molecule has 0 aliphatic carbocycles. The zero-order valence-corrected chi connectivity index (χ0v) is 48.7. The number of carbonyl (C=O) groups is 3. The van der Waals surface area contributed by atoms with Gasteiger partial charge < -0.3 is 43.6 Å². The molecule has 432 valence electrons. The molecule has 3 saturated heterocycles. The Morgan fingerprint density at radius 3 is 0.840 bits per heavy atom. The Morgan fingerprint density at radius 2 is 0.605 bits per heavy atom. The van der Waals surface area contributed by atoms with Crippen LogP contribution in [0.1, 0.15) is 76.0 Å². The van der Waals surface area contributed by atoms with Crippen molar-refractivity contribution in [2.75, 3.05) is 113 Å². The third kappa shape index (κ3) is 21.7. The van der Waals surface area contributed by atoms with E-state index in [0.717, 1.165) is 134 Å². The monoisotopic (exact) mass is 1100 g/mol. The first-order chi connectivity index (χ1) is 39.8. The number of para-hydroxylation sites is 3. The average Bonchev–Trinajstić information content (AvgIpc) is 4.05. The molecule has 0 aromatic heterocycles. The SMILES string of the molecule is CCC(=O)N(CC1CN(CCc2ccccc2)CCCO1)c1ccccc1.CCC(=O)N(CC1CN(CCc2ccccc2)CCCO1)c1ccccc1.CCC(=O)N(CC1CN(CCc2ccccc2)CCCO1)c1ccccc1. The van der Waals surface area contributed by atoms with E-state index in [4.69, 9.17) is 14.2 Å². The predicted molar refractivity (Wildman–Crippen MR) is 330 cm³/mol. The van der Waals surface area contributed by atoms with Crippen molar-refractivity contribution in [3.63, 3.8) is 0 Å². The zero-order valence-electron chi connectivity index (χ0n) is 48.7. The Labute approximate surface area is 484 Å². The van der Waals surface area contributed by atoms with Gasteiger partial charge in [0.2, 0.25) is 17.7 Å². The van der Waals surface area contributed by atoms with Crippen LogP contribution in [-0.2, 0) is 47.9 Å². The van der Waals surface area contributed by atoms with Crippen LogP contribution in [0.3, 0.4) is 0 Å². The minimum Gasteiger partial charge on any atom is -0.375 e. The van der Waals surface area contributed by atoms with E-state index >= 15 is 0 Å². The second kappa shape index (κ2) is 35.4. The second-order valence-corrected chi connectivity index (χ2v) is 21.2. The number of carbonyl (C=O) groups excluding carboxylic acids is 3. The first-order valence-corrected chi connectivity index (χ1v) is 30.0. The van der Waals surface area contributed by atoms with E-state index < -0.39 is 0 Å². The third-order valence-corrected chi connectivity index (χ3v) is 15.2. The van der Waals surface area contributed by atoms with Crippen LogP contribution in [0.15, 0.2) is 182 Å². The van der Waals surface area contributed by atoms with Gasteiger partial charge in [0.1, 0.15) is 0 Å². The molecule has 3 fully saturated rings. The third-order valence-electron chi connectivity index (χ3n) is 15.2. The number of ether oxygens (including phenoxy) is 3. The van der Waals surface area contributed by atoms with Crippen LogP contribution in [0.25, 0.3) is 0 Å². The summed E-state index contributed by atoms with van der Waals surface area (Å²) in [6.45, 7) is 18.7. The van der Waals surface area contributed by atoms with Crippen molar-refractivity contribution in [3.05, 3.63) is 199 Å². The molecule has 0 spiro atoms. The topological polar surface area (TPSA) is 98.3 Å². The van der Waals surface area contributed by atoms with Crippen LogP contribution in [0.4, 0.5) is 17.1 Å². The number of amides is 3. The van der Waals surface area contributed by atoms with Crippen LogP contribution < -0.4 is 14.7 Å². The molecule has 6 aromatic rings. The molecule has 0 saturated carbocycles. The van der Waals surface area contributed by atoms with Crippen molar-refractivity contribution >= 4 is 34.8 Å². The first-order valence-electron chi connectivity index (χ1n) is 30.0. The Morgan fingerprint density at radius 1 is 0.370 bits per heavy atom. The van der Waals surface area contributed by atoms with E-state index in [1.165, 1.54) is 16.7 Å². The van der Waals surface area contributed by atoms with Crippen molar-refractivity contribution in [2.24, 2.45) is 0 Å². The average molecular weight is 1100 g/mol. The quantitative estimate of drug-likeness (QED) is 0.0698. The Hall–Kier alpha value is -6.51. The molecule has 6 aromatic carbocycles. The normalized spacial score (nSPS) is 18.0. The van der Waals surface area contributed by atoms with Gasteiger partial charge in [0.15, 0.2) is 0 Å². The van der Waals surface area contributed by atoms with Crippen LogP contribution in [0, 0.1) is 0 Å². The number of rotatable bonds is 21. The van der Waals surface area contributed by atoms with E-state index in [1.807, 2.05) is 126 Å². The van der Waals surface area contributed by atoms with Crippen molar-refractivity contribution in [2.45, 2.75) is 96.9 Å². The summed E-state index contributed by atoms with van der Waals surface area (Å²) >= 11 is 0. The Bertz CT molecular complexity index is 2360. The molecule has 12 heteroatoms. The summed E-state index contributed by atoms with van der Waals surface area (Å²) < 4.78 is 18.3. The van der Waals surface area contributed by atoms with Gasteiger partial charge in [-0.05, 0) is 91.6 Å². The van der Waals surface area contributed by atoms with Gasteiger partial charge in [0.25, 0.3) is 0 Å². The molecule has 3 heterocycles. The lowest BCUT2D eigenvalue weighted by Gasteiger charge is -2.29. The predicted octanol–water partition coefficient (Wildman–Crippen LogP) is 11.3. The van der Waals surface area contributed by atoms with Crippen LogP contribution in [0.2, 0.25) is 0 Å². The lowest BCUT2D eigenvalue weighted by Crippen LogP contribution is -2.43. The molecule has 3 aliphatic heterocycles. The lowest BCUT2D eigenvalue weighted by atomic mass is 10.1. The summed E-state index contributed by atoms with van der Waals surface area (Å²) in [5.41, 5.74) is 6.96. The highest BCUT2D eigenvalue weighted by Gasteiger charge is 2.27. The Kier molecular flexibility index (Phi) is 27.1. The minimum atomic E-state index is 0.0407. The number of hydrogen-bond donors (Lipinski definition) is 0. The van der Waals surface area contributed by atoms with Crippen molar-refractivity contribution in [3.8, 4) is 0 Å². The highest BCUT2D eigenvalue weighted by Crippen LogP contribution is 2.21. The van der Waals surface area contributed by atoms with Gasteiger partial charge in [-0.1, -0.05) is 166 Å². The van der Waals surface area contributed by atoms with Gasteiger partial charge in [-0.2, -0.15) is 0 Å². The largest absolute Gasteiger partial charge is 0.375 e. The summed E-state index contributed by atoms with van der Waals surface area (Å²) in [4.78, 5) is 50.6. The fraction of sp³-hybridized carbons (Fsp3) is 0.435. The summed E-state index contributed by atoms with van der Waals surface area (Å²) in [7, 11) is 0. The van der Waals surface area contributed by atoms with E-state index in [2.05, 4.69) is 106 Å². The highest BCUT2D eigenvalue weighted by molar-refractivity contribution is 5.94. The van der Waals surface area contributed by atoms with E-state index in [9.17, 15) is 14.4 Å². The van der Waals surface area contributed by atoms with E-state index in [1.54, 1.807) is 0 Å². The molecule has 3 aliphatic rings. The Balaban J connectivity index is 0.000000175. The van der Waals surface area contributed by atoms with Gasteiger partial charge in [0, 0.05) is 115 Å². The number of anilines is 3. The van der Waals surface area contributed by atoms with Gasteiger partial charge in [0.05, 0.1) is 37.9 Å². The number of nitrogens with zero attached hydrogens (tertiary/aromatic N) is 6. The standard InChI is InChI=1S/3C23H30N2O2/c3*1-2-23(26)25(21-12-7-4-8-13-21)19-22-18-24(15-9-17-27-22)16-14-20-10-5-3-6-11-20/h3*3-8,10-13,22H,2,9,14-19H2,1H3. The molecule has 0 radical (unpaired) electrons. The molecular weight excluding hydrogens is 1010 g/mol. The highest BCUT2D eigenvalue weighted by atomic mass is 16.5. The lowest BCUT2D eigenvalue weighted by molar-refractivity contribution is -0.119. The van der Waals surface area contributed by atoms with Crippen molar-refractivity contribution in [1.82, 2.24) is 14.7 Å². The fourth-order valence-corrected chi connectivity index (χ4v) is 10.7. The summed E-state index contributed by atoms with van der Waals surface area (Å²) in [6.07, 6.45) is 7.88. The van der Waals surface area contributed by atoms with Crippen molar-refractivity contribution in [1.29, 1.82) is 0 Å². The van der Waals surface area contributed by atoms with Gasteiger partial charge in [-0.3, -0.25) is 14.4 Å². The van der Waals surface area contributed by atoms with Crippen LogP contribution in [0.5, 0.6) is 0 Å². The maximum Gasteiger partial charge on any atom is 0.226 e. The van der Waals surface area contributed by atoms with Gasteiger partial charge >= 0.3 is 0 Å². The molecule has 81 heavy (non-hydrogen) atoms. The molecule has 3 unspecified atom stereocenters. The maximum atomic E-state index is 12.5. The summed E-state index contributed by atoms with van der Waals surface area (Å²) in [5.74, 6) is 0.430. The molecule has 3 atom stereocenters.